The Morgan fingerprint density at radius 3 is 2.35 bits per heavy atom. The van der Waals surface area contributed by atoms with Gasteiger partial charge in [0.15, 0.2) is 0 Å². The lowest BCUT2D eigenvalue weighted by Crippen LogP contribution is -2.24. The van der Waals surface area contributed by atoms with E-state index in [1.807, 2.05) is 0 Å². The molecular weight excluding hydrogens is 256 g/mol. The molecule has 1 N–H and O–H groups in total. The zero-order valence-electron chi connectivity index (χ0n) is 10.4. The first kappa shape index (κ1) is 13.5. The SMILES string of the molecule is O=C(N/N=C\c1ccccc1C(=O)[O-])c1ccccc1. The molecule has 1 amide bonds. The summed E-state index contributed by atoms with van der Waals surface area (Å²) in [4.78, 5) is 22.6. The van der Waals surface area contributed by atoms with Crippen LogP contribution >= 0.6 is 0 Å². The van der Waals surface area contributed by atoms with Crippen LogP contribution in [-0.2, 0) is 0 Å². The van der Waals surface area contributed by atoms with Crippen LogP contribution in [0.4, 0.5) is 0 Å². The molecule has 5 heteroatoms. The van der Waals surface area contributed by atoms with Gasteiger partial charge in [-0.15, -0.1) is 0 Å². The van der Waals surface area contributed by atoms with Gasteiger partial charge < -0.3 is 9.90 Å². The fraction of sp³-hybridized carbons (Fsp3) is 0. The molecule has 0 aliphatic heterocycles. The standard InChI is InChI=1S/C15H12N2O3/c18-14(11-6-2-1-3-7-11)17-16-10-12-8-4-5-9-13(12)15(19)20/h1-10H,(H,17,18)(H,19,20)/p-1/b16-10-. The predicted molar refractivity (Wildman–Crippen MR) is 72.3 cm³/mol. The highest BCUT2D eigenvalue weighted by atomic mass is 16.4. The summed E-state index contributed by atoms with van der Waals surface area (Å²) in [7, 11) is 0. The maximum absolute atomic E-state index is 11.7. The van der Waals surface area contributed by atoms with Gasteiger partial charge in [0.25, 0.3) is 5.91 Å². The van der Waals surface area contributed by atoms with Gasteiger partial charge in [0.2, 0.25) is 0 Å². The number of carboxylic acids is 1. The summed E-state index contributed by atoms with van der Waals surface area (Å²) in [6.07, 6.45) is 1.27. The van der Waals surface area contributed by atoms with Gasteiger partial charge in [-0.05, 0) is 12.1 Å². The number of nitrogens with one attached hydrogen (secondary N) is 1. The Kier molecular flexibility index (Phi) is 4.24. The Labute approximate surface area is 115 Å². The van der Waals surface area contributed by atoms with Crippen LogP contribution in [0.15, 0.2) is 59.7 Å². The van der Waals surface area contributed by atoms with Crippen molar-refractivity contribution in [3.8, 4) is 0 Å². The number of nitrogens with zero attached hydrogens (tertiary/aromatic N) is 1. The molecule has 0 heterocycles. The second-order valence-electron chi connectivity index (χ2n) is 3.94. The van der Waals surface area contributed by atoms with Crippen molar-refractivity contribution < 1.29 is 14.7 Å². The molecule has 5 nitrogen and oxygen atoms in total. The predicted octanol–water partition coefficient (Wildman–Crippen LogP) is 0.814. The number of hydrogen-bond donors (Lipinski definition) is 1. The van der Waals surface area contributed by atoms with Crippen LogP contribution < -0.4 is 10.5 Å². The molecule has 0 fully saturated rings. The Balaban J connectivity index is 2.08. The van der Waals surface area contributed by atoms with Crippen molar-refractivity contribution >= 4 is 18.1 Å². The summed E-state index contributed by atoms with van der Waals surface area (Å²) in [5.41, 5.74) is 3.18. The molecule has 0 saturated carbocycles. The van der Waals surface area contributed by atoms with Gasteiger partial charge in [0.05, 0.1) is 12.2 Å². The normalized spacial score (nSPS) is 10.4. The topological polar surface area (TPSA) is 81.6 Å². The molecule has 0 spiro atoms. The molecule has 0 radical (unpaired) electrons. The van der Waals surface area contributed by atoms with E-state index in [9.17, 15) is 14.7 Å². The number of carbonyl (C=O) groups excluding carboxylic acids is 2. The third-order valence-corrected chi connectivity index (χ3v) is 2.59. The number of hydrogen-bond acceptors (Lipinski definition) is 4. The second kappa shape index (κ2) is 6.29. The van der Waals surface area contributed by atoms with Crippen LogP contribution in [0.2, 0.25) is 0 Å². The minimum Gasteiger partial charge on any atom is -0.545 e. The molecule has 2 aromatic rings. The number of carboxylic acid groups (broad SMARTS) is 1. The van der Waals surface area contributed by atoms with Crippen LogP contribution in [-0.4, -0.2) is 18.1 Å². The Morgan fingerprint density at radius 1 is 1.00 bits per heavy atom. The number of hydrazone groups is 1. The van der Waals surface area contributed by atoms with Crippen molar-refractivity contribution in [3.05, 3.63) is 71.3 Å². The molecule has 2 aromatic carbocycles. The summed E-state index contributed by atoms with van der Waals surface area (Å²) in [6.45, 7) is 0. The average Bonchev–Trinajstić information content (AvgIpc) is 2.48. The van der Waals surface area contributed by atoms with Gasteiger partial charge in [-0.25, -0.2) is 5.43 Å². The van der Waals surface area contributed by atoms with Gasteiger partial charge in [0.1, 0.15) is 0 Å². The summed E-state index contributed by atoms with van der Waals surface area (Å²) in [6, 6.07) is 14.8. The highest BCUT2D eigenvalue weighted by molar-refractivity contribution is 5.98. The molecule has 20 heavy (non-hydrogen) atoms. The highest BCUT2D eigenvalue weighted by Crippen LogP contribution is 2.04. The highest BCUT2D eigenvalue weighted by Gasteiger charge is 2.02. The van der Waals surface area contributed by atoms with Gasteiger partial charge in [-0.2, -0.15) is 5.10 Å². The number of carbonyl (C=O) groups is 2. The van der Waals surface area contributed by atoms with E-state index in [0.29, 0.717) is 11.1 Å². The quantitative estimate of drug-likeness (QED) is 0.657. The number of amides is 1. The largest absolute Gasteiger partial charge is 0.545 e. The van der Waals surface area contributed by atoms with E-state index in [-0.39, 0.29) is 11.5 Å². The van der Waals surface area contributed by atoms with E-state index >= 15 is 0 Å². The number of rotatable bonds is 4. The van der Waals surface area contributed by atoms with E-state index in [2.05, 4.69) is 10.5 Å². The van der Waals surface area contributed by atoms with Gasteiger partial charge in [-0.1, -0.05) is 42.5 Å². The zero-order chi connectivity index (χ0) is 14.4. The smallest absolute Gasteiger partial charge is 0.271 e. The lowest BCUT2D eigenvalue weighted by Gasteiger charge is -2.05. The van der Waals surface area contributed by atoms with Crippen molar-refractivity contribution in [2.45, 2.75) is 0 Å². The summed E-state index contributed by atoms with van der Waals surface area (Å²) < 4.78 is 0. The summed E-state index contributed by atoms with van der Waals surface area (Å²) >= 11 is 0. The van der Waals surface area contributed by atoms with Crippen LogP contribution in [0.5, 0.6) is 0 Å². The lowest BCUT2D eigenvalue weighted by atomic mass is 10.1. The van der Waals surface area contributed by atoms with Crippen molar-refractivity contribution in [1.29, 1.82) is 0 Å². The summed E-state index contributed by atoms with van der Waals surface area (Å²) in [5.74, 6) is -1.66. The maximum atomic E-state index is 11.7. The second-order valence-corrected chi connectivity index (χ2v) is 3.94. The van der Waals surface area contributed by atoms with Crippen molar-refractivity contribution in [1.82, 2.24) is 5.43 Å². The van der Waals surface area contributed by atoms with Crippen LogP contribution in [0.25, 0.3) is 0 Å². The van der Waals surface area contributed by atoms with Crippen LogP contribution in [0.3, 0.4) is 0 Å². The van der Waals surface area contributed by atoms with E-state index in [1.54, 1.807) is 48.5 Å². The Hall–Kier alpha value is -2.95. The third kappa shape index (κ3) is 3.29. The minimum absolute atomic E-state index is 0.0187. The first-order chi connectivity index (χ1) is 9.68. The first-order valence-electron chi connectivity index (χ1n) is 5.87. The molecule has 0 bridgehead atoms. The van der Waals surface area contributed by atoms with E-state index in [4.69, 9.17) is 0 Å². The number of aromatic carboxylic acids is 1. The van der Waals surface area contributed by atoms with E-state index in [0.717, 1.165) is 0 Å². The van der Waals surface area contributed by atoms with Crippen molar-refractivity contribution in [2.24, 2.45) is 5.10 Å². The molecule has 100 valence electrons. The minimum atomic E-state index is -1.29. The molecule has 0 atom stereocenters. The molecule has 0 aromatic heterocycles. The Morgan fingerprint density at radius 2 is 1.65 bits per heavy atom. The third-order valence-electron chi connectivity index (χ3n) is 2.59. The molecule has 0 aliphatic carbocycles. The molecule has 2 rings (SSSR count). The van der Waals surface area contributed by atoms with Crippen molar-refractivity contribution in [2.75, 3.05) is 0 Å². The van der Waals surface area contributed by atoms with Gasteiger partial charge >= 0.3 is 0 Å². The Bertz CT molecular complexity index is 651. The zero-order valence-corrected chi connectivity index (χ0v) is 10.4. The monoisotopic (exact) mass is 267 g/mol. The maximum Gasteiger partial charge on any atom is 0.271 e. The molecular formula is C15H11N2O3-. The van der Waals surface area contributed by atoms with Crippen molar-refractivity contribution in [3.63, 3.8) is 0 Å². The van der Waals surface area contributed by atoms with Gasteiger partial charge in [-0.3, -0.25) is 4.79 Å². The van der Waals surface area contributed by atoms with E-state index < -0.39 is 5.97 Å². The fourth-order valence-corrected chi connectivity index (χ4v) is 1.61. The molecule has 0 unspecified atom stereocenters. The lowest BCUT2D eigenvalue weighted by molar-refractivity contribution is -0.255. The van der Waals surface area contributed by atoms with Crippen LogP contribution in [0, 0.1) is 0 Å². The first-order valence-corrected chi connectivity index (χ1v) is 5.87. The molecule has 0 saturated heterocycles. The van der Waals surface area contributed by atoms with E-state index in [1.165, 1.54) is 12.3 Å². The fourth-order valence-electron chi connectivity index (χ4n) is 1.61. The molecule has 0 aliphatic rings. The van der Waals surface area contributed by atoms with Crippen LogP contribution in [0.1, 0.15) is 26.3 Å². The average molecular weight is 267 g/mol. The summed E-state index contributed by atoms with van der Waals surface area (Å²) in [5, 5.41) is 14.6. The van der Waals surface area contributed by atoms with Gasteiger partial charge in [0, 0.05) is 16.7 Å². The number of benzene rings is 2.